The summed E-state index contributed by atoms with van der Waals surface area (Å²) in [5, 5.41) is 3.28. The molecule has 1 rings (SSSR count). The van der Waals surface area contributed by atoms with Gasteiger partial charge in [0.15, 0.2) is 0 Å². The second-order valence-corrected chi connectivity index (χ2v) is 4.17. The van der Waals surface area contributed by atoms with Crippen LogP contribution in [0, 0.1) is 6.92 Å². The van der Waals surface area contributed by atoms with Crippen molar-refractivity contribution in [2.75, 3.05) is 26.4 Å². The predicted molar refractivity (Wildman–Crippen MR) is 73.0 cm³/mol. The summed E-state index contributed by atoms with van der Waals surface area (Å²) >= 11 is 0. The Kier molecular flexibility index (Phi) is 7.37. The van der Waals surface area contributed by atoms with Crippen LogP contribution in [0.15, 0.2) is 12.3 Å². The molecule has 0 amide bonds. The Hall–Kier alpha value is -1.13. The fourth-order valence-corrected chi connectivity index (χ4v) is 1.55. The van der Waals surface area contributed by atoms with Crippen molar-refractivity contribution in [3.63, 3.8) is 0 Å². The smallest absolute Gasteiger partial charge is 0.127 e. The summed E-state index contributed by atoms with van der Waals surface area (Å²) in [6.45, 7) is 9.89. The second-order valence-electron chi connectivity index (χ2n) is 4.17. The zero-order chi connectivity index (χ0) is 13.2. The van der Waals surface area contributed by atoms with Crippen LogP contribution in [-0.4, -0.2) is 31.3 Å². The van der Waals surface area contributed by atoms with Crippen molar-refractivity contribution in [1.82, 2.24) is 10.3 Å². The largest absolute Gasteiger partial charge is 0.491 e. The van der Waals surface area contributed by atoms with Crippen LogP contribution >= 0.6 is 0 Å². The molecule has 0 spiro atoms. The summed E-state index contributed by atoms with van der Waals surface area (Å²) in [5.74, 6) is 0.906. The van der Waals surface area contributed by atoms with E-state index in [1.807, 2.05) is 19.2 Å². The lowest BCUT2D eigenvalue weighted by Gasteiger charge is -2.12. The highest BCUT2D eigenvalue weighted by Crippen LogP contribution is 2.18. The third-order valence-electron chi connectivity index (χ3n) is 2.48. The van der Waals surface area contributed by atoms with E-state index in [1.165, 1.54) is 0 Å². The molecule has 0 radical (unpaired) electrons. The van der Waals surface area contributed by atoms with Crippen LogP contribution in [0.5, 0.6) is 5.75 Å². The Morgan fingerprint density at radius 3 is 2.78 bits per heavy atom. The van der Waals surface area contributed by atoms with Gasteiger partial charge < -0.3 is 14.8 Å². The Morgan fingerprint density at radius 2 is 2.06 bits per heavy atom. The Labute approximate surface area is 110 Å². The first-order valence-corrected chi connectivity index (χ1v) is 6.64. The van der Waals surface area contributed by atoms with Crippen molar-refractivity contribution in [3.05, 3.63) is 23.5 Å². The molecule has 4 heteroatoms. The van der Waals surface area contributed by atoms with Gasteiger partial charge in [-0.05, 0) is 19.9 Å². The Morgan fingerprint density at radius 1 is 1.22 bits per heavy atom. The number of rotatable bonds is 9. The Bertz CT molecular complexity index is 343. The number of pyridine rings is 1. The highest BCUT2D eigenvalue weighted by molar-refractivity contribution is 5.32. The van der Waals surface area contributed by atoms with E-state index in [1.54, 1.807) is 0 Å². The first-order valence-electron chi connectivity index (χ1n) is 6.64. The van der Waals surface area contributed by atoms with Gasteiger partial charge in [-0.3, -0.25) is 4.98 Å². The summed E-state index contributed by atoms with van der Waals surface area (Å²) in [7, 11) is 0. The monoisotopic (exact) mass is 252 g/mol. The first-order chi connectivity index (χ1) is 8.77. The van der Waals surface area contributed by atoms with Crippen LogP contribution in [0.1, 0.15) is 31.5 Å². The molecule has 18 heavy (non-hydrogen) atoms. The fourth-order valence-electron chi connectivity index (χ4n) is 1.55. The molecule has 0 aliphatic heterocycles. The SMILES string of the molecule is CCCOCCOc1cc(C)ncc1CNCC. The molecule has 0 aliphatic rings. The third kappa shape index (κ3) is 5.47. The van der Waals surface area contributed by atoms with Crippen LogP contribution < -0.4 is 10.1 Å². The maximum Gasteiger partial charge on any atom is 0.127 e. The van der Waals surface area contributed by atoms with Crippen LogP contribution in [0.3, 0.4) is 0 Å². The van der Waals surface area contributed by atoms with Gasteiger partial charge in [-0.1, -0.05) is 13.8 Å². The molecular weight excluding hydrogens is 228 g/mol. The quantitative estimate of drug-likeness (QED) is 0.685. The molecule has 1 N–H and O–H groups in total. The molecule has 0 aliphatic carbocycles. The lowest BCUT2D eigenvalue weighted by Crippen LogP contribution is -2.14. The number of nitrogens with one attached hydrogen (secondary N) is 1. The van der Waals surface area contributed by atoms with Crippen molar-refractivity contribution >= 4 is 0 Å². The summed E-state index contributed by atoms with van der Waals surface area (Å²) < 4.78 is 11.2. The molecule has 1 aromatic rings. The number of aromatic nitrogens is 1. The van der Waals surface area contributed by atoms with Gasteiger partial charge in [-0.15, -0.1) is 0 Å². The number of hydrogen-bond donors (Lipinski definition) is 1. The summed E-state index contributed by atoms with van der Waals surface area (Å²) in [5.41, 5.74) is 2.07. The molecule has 0 unspecified atom stereocenters. The lowest BCUT2D eigenvalue weighted by molar-refractivity contribution is 0.100. The van der Waals surface area contributed by atoms with Crippen LogP contribution in [0.4, 0.5) is 0 Å². The van der Waals surface area contributed by atoms with Gasteiger partial charge in [0.1, 0.15) is 12.4 Å². The van der Waals surface area contributed by atoms with Gasteiger partial charge in [0.2, 0.25) is 0 Å². The van der Waals surface area contributed by atoms with Crippen molar-refractivity contribution in [1.29, 1.82) is 0 Å². The fraction of sp³-hybridized carbons (Fsp3) is 0.643. The van der Waals surface area contributed by atoms with Crippen LogP contribution in [0.2, 0.25) is 0 Å². The third-order valence-corrected chi connectivity index (χ3v) is 2.48. The van der Waals surface area contributed by atoms with Gasteiger partial charge in [0.05, 0.1) is 6.61 Å². The maximum atomic E-state index is 5.76. The van der Waals surface area contributed by atoms with Gasteiger partial charge in [-0.25, -0.2) is 0 Å². The average molecular weight is 252 g/mol. The molecule has 1 heterocycles. The number of ether oxygens (including phenoxy) is 2. The van der Waals surface area contributed by atoms with Crippen molar-refractivity contribution in [3.8, 4) is 5.75 Å². The minimum Gasteiger partial charge on any atom is -0.491 e. The van der Waals surface area contributed by atoms with E-state index in [0.717, 1.165) is 43.1 Å². The van der Waals surface area contributed by atoms with E-state index >= 15 is 0 Å². The summed E-state index contributed by atoms with van der Waals surface area (Å²) in [4.78, 5) is 4.30. The molecule has 0 saturated heterocycles. The lowest BCUT2D eigenvalue weighted by atomic mass is 10.2. The van der Waals surface area contributed by atoms with E-state index in [4.69, 9.17) is 9.47 Å². The highest BCUT2D eigenvalue weighted by atomic mass is 16.5. The van der Waals surface area contributed by atoms with Crippen molar-refractivity contribution < 1.29 is 9.47 Å². The van der Waals surface area contributed by atoms with Gasteiger partial charge in [-0.2, -0.15) is 0 Å². The topological polar surface area (TPSA) is 43.4 Å². The van der Waals surface area contributed by atoms with Gasteiger partial charge in [0.25, 0.3) is 0 Å². The zero-order valence-electron chi connectivity index (χ0n) is 11.7. The molecule has 0 saturated carbocycles. The first kappa shape index (κ1) is 14.9. The number of nitrogens with zero attached hydrogens (tertiary/aromatic N) is 1. The number of aryl methyl sites for hydroxylation is 1. The van der Waals surface area contributed by atoms with E-state index in [-0.39, 0.29) is 0 Å². The summed E-state index contributed by atoms with van der Waals surface area (Å²) in [6, 6.07) is 1.98. The van der Waals surface area contributed by atoms with Gasteiger partial charge in [0, 0.05) is 36.7 Å². The minimum absolute atomic E-state index is 0.586. The molecule has 0 atom stereocenters. The zero-order valence-corrected chi connectivity index (χ0v) is 11.7. The number of hydrogen-bond acceptors (Lipinski definition) is 4. The van der Waals surface area contributed by atoms with E-state index in [0.29, 0.717) is 13.2 Å². The highest BCUT2D eigenvalue weighted by Gasteiger charge is 2.04. The van der Waals surface area contributed by atoms with Gasteiger partial charge >= 0.3 is 0 Å². The molecule has 102 valence electrons. The van der Waals surface area contributed by atoms with Crippen LogP contribution in [-0.2, 0) is 11.3 Å². The summed E-state index contributed by atoms with van der Waals surface area (Å²) in [6.07, 6.45) is 2.92. The second kappa shape index (κ2) is 8.89. The predicted octanol–water partition coefficient (Wildman–Crippen LogP) is 2.30. The normalized spacial score (nSPS) is 10.6. The minimum atomic E-state index is 0.586. The molecule has 0 bridgehead atoms. The standard InChI is InChI=1S/C14H24N2O2/c1-4-6-17-7-8-18-14-9-12(3)16-11-13(14)10-15-5-2/h9,11,15H,4-8,10H2,1-3H3. The van der Waals surface area contributed by atoms with Crippen LogP contribution in [0.25, 0.3) is 0 Å². The maximum absolute atomic E-state index is 5.76. The molecule has 0 aromatic carbocycles. The molecule has 0 fully saturated rings. The Balaban J connectivity index is 2.47. The average Bonchev–Trinajstić information content (AvgIpc) is 2.37. The van der Waals surface area contributed by atoms with E-state index in [9.17, 15) is 0 Å². The van der Waals surface area contributed by atoms with Crippen molar-refractivity contribution in [2.24, 2.45) is 0 Å². The van der Waals surface area contributed by atoms with Crippen molar-refractivity contribution in [2.45, 2.75) is 33.7 Å². The molecule has 1 aromatic heterocycles. The molecular formula is C14H24N2O2. The van der Waals surface area contributed by atoms with E-state index in [2.05, 4.69) is 24.1 Å². The van der Waals surface area contributed by atoms with E-state index < -0.39 is 0 Å². The molecule has 4 nitrogen and oxygen atoms in total.